The number of benzene rings is 1. The molecule has 0 amide bonds. The summed E-state index contributed by atoms with van der Waals surface area (Å²) in [4.78, 5) is 15.0. The van der Waals surface area contributed by atoms with Gasteiger partial charge in [0, 0.05) is 6.54 Å². The summed E-state index contributed by atoms with van der Waals surface area (Å²) in [5, 5.41) is 0. The van der Waals surface area contributed by atoms with Gasteiger partial charge in [0.1, 0.15) is 5.82 Å². The number of imidazole rings is 1. The summed E-state index contributed by atoms with van der Waals surface area (Å²) in [6.45, 7) is 6.18. The Bertz CT molecular complexity index is 584. The van der Waals surface area contributed by atoms with Gasteiger partial charge in [0.2, 0.25) is 0 Å². The molecule has 2 aromatic rings. The molecule has 0 aliphatic carbocycles. The number of aldehydes is 1. The highest BCUT2D eigenvalue weighted by atomic mass is 19.1. The molecule has 0 spiro atoms. The van der Waals surface area contributed by atoms with Crippen molar-refractivity contribution in [3.8, 4) is 0 Å². The second-order valence-electron chi connectivity index (χ2n) is 4.11. The molecule has 18 heavy (non-hydrogen) atoms. The molecule has 0 unspecified atom stereocenters. The maximum Gasteiger partial charge on any atom is 0.185 e. The van der Waals surface area contributed by atoms with E-state index in [4.69, 9.17) is 0 Å². The lowest BCUT2D eigenvalue weighted by Gasteiger charge is -2.09. The van der Waals surface area contributed by atoms with Crippen LogP contribution in [0.4, 0.5) is 4.39 Å². The zero-order valence-electron chi connectivity index (χ0n) is 10.1. The highest BCUT2D eigenvalue weighted by molar-refractivity contribution is 5.72. The first-order valence-electron chi connectivity index (χ1n) is 5.53. The SMILES string of the molecule is C=C(C)c1cnc(C=O)n1Cc1ccc(F)cc1. The molecular formula is C14H13FN2O. The first kappa shape index (κ1) is 12.2. The Labute approximate surface area is 105 Å². The monoisotopic (exact) mass is 244 g/mol. The first-order chi connectivity index (χ1) is 8.61. The van der Waals surface area contributed by atoms with Gasteiger partial charge in [-0.3, -0.25) is 4.79 Å². The van der Waals surface area contributed by atoms with Crippen molar-refractivity contribution < 1.29 is 9.18 Å². The van der Waals surface area contributed by atoms with Gasteiger partial charge in [-0.2, -0.15) is 0 Å². The van der Waals surface area contributed by atoms with Gasteiger partial charge >= 0.3 is 0 Å². The molecule has 0 N–H and O–H groups in total. The molecule has 4 heteroatoms. The molecule has 0 aliphatic rings. The zero-order valence-corrected chi connectivity index (χ0v) is 10.1. The summed E-state index contributed by atoms with van der Waals surface area (Å²) >= 11 is 0. The number of carbonyl (C=O) groups is 1. The van der Waals surface area contributed by atoms with Crippen LogP contribution in [0.1, 0.15) is 28.8 Å². The van der Waals surface area contributed by atoms with Crippen LogP contribution in [0.2, 0.25) is 0 Å². The van der Waals surface area contributed by atoms with Crippen molar-refractivity contribution in [2.24, 2.45) is 0 Å². The zero-order chi connectivity index (χ0) is 13.1. The predicted molar refractivity (Wildman–Crippen MR) is 67.8 cm³/mol. The van der Waals surface area contributed by atoms with Crippen molar-refractivity contribution in [3.63, 3.8) is 0 Å². The van der Waals surface area contributed by atoms with E-state index in [1.165, 1.54) is 12.1 Å². The maximum atomic E-state index is 12.8. The van der Waals surface area contributed by atoms with Gasteiger partial charge in [-0.05, 0) is 30.2 Å². The third kappa shape index (κ3) is 2.37. The van der Waals surface area contributed by atoms with E-state index in [2.05, 4.69) is 11.6 Å². The highest BCUT2D eigenvalue weighted by Crippen LogP contribution is 2.16. The average molecular weight is 244 g/mol. The summed E-state index contributed by atoms with van der Waals surface area (Å²) in [5.74, 6) is 0.0671. The van der Waals surface area contributed by atoms with E-state index in [0.29, 0.717) is 18.7 Å². The fraction of sp³-hybridized carbons (Fsp3) is 0.143. The minimum Gasteiger partial charge on any atom is -0.318 e. The van der Waals surface area contributed by atoms with Gasteiger partial charge in [0.05, 0.1) is 11.9 Å². The number of halogens is 1. The van der Waals surface area contributed by atoms with Crippen LogP contribution < -0.4 is 0 Å². The molecule has 0 aliphatic heterocycles. The van der Waals surface area contributed by atoms with E-state index >= 15 is 0 Å². The molecule has 0 atom stereocenters. The molecule has 0 saturated carbocycles. The number of hydrogen-bond donors (Lipinski definition) is 0. The van der Waals surface area contributed by atoms with E-state index in [9.17, 15) is 9.18 Å². The number of hydrogen-bond acceptors (Lipinski definition) is 2. The number of carbonyl (C=O) groups excluding carboxylic acids is 1. The summed E-state index contributed by atoms with van der Waals surface area (Å²) in [6.07, 6.45) is 2.32. The van der Waals surface area contributed by atoms with Crippen molar-refractivity contribution in [2.45, 2.75) is 13.5 Å². The topological polar surface area (TPSA) is 34.9 Å². The Morgan fingerprint density at radius 1 is 1.44 bits per heavy atom. The van der Waals surface area contributed by atoms with Crippen LogP contribution in [-0.2, 0) is 6.54 Å². The van der Waals surface area contributed by atoms with Crippen molar-refractivity contribution in [1.82, 2.24) is 9.55 Å². The number of aromatic nitrogens is 2. The van der Waals surface area contributed by atoms with Crippen LogP contribution in [0.25, 0.3) is 5.57 Å². The Morgan fingerprint density at radius 2 is 2.11 bits per heavy atom. The van der Waals surface area contributed by atoms with E-state index in [1.54, 1.807) is 22.9 Å². The quantitative estimate of drug-likeness (QED) is 0.775. The molecule has 0 radical (unpaired) electrons. The maximum absolute atomic E-state index is 12.8. The summed E-state index contributed by atoms with van der Waals surface area (Å²) in [6, 6.07) is 6.17. The molecule has 1 aromatic heterocycles. The molecule has 1 aromatic carbocycles. The lowest BCUT2D eigenvalue weighted by molar-refractivity contribution is 0.111. The van der Waals surface area contributed by atoms with Gasteiger partial charge in [-0.15, -0.1) is 0 Å². The molecule has 92 valence electrons. The number of rotatable bonds is 4. The van der Waals surface area contributed by atoms with Crippen molar-refractivity contribution in [1.29, 1.82) is 0 Å². The number of nitrogens with zero attached hydrogens (tertiary/aromatic N) is 2. The van der Waals surface area contributed by atoms with E-state index < -0.39 is 0 Å². The van der Waals surface area contributed by atoms with E-state index in [0.717, 1.165) is 16.8 Å². The van der Waals surface area contributed by atoms with Gasteiger partial charge in [0.25, 0.3) is 0 Å². The first-order valence-corrected chi connectivity index (χ1v) is 5.53. The predicted octanol–water partition coefficient (Wildman–Crippen LogP) is 2.92. The normalized spacial score (nSPS) is 10.3. The molecular weight excluding hydrogens is 231 g/mol. The lowest BCUT2D eigenvalue weighted by atomic mass is 10.2. The highest BCUT2D eigenvalue weighted by Gasteiger charge is 2.10. The third-order valence-corrected chi connectivity index (χ3v) is 2.68. The number of allylic oxidation sites excluding steroid dienone is 1. The average Bonchev–Trinajstić information content (AvgIpc) is 2.75. The molecule has 0 saturated heterocycles. The molecule has 0 bridgehead atoms. The Kier molecular flexibility index (Phi) is 3.37. The second-order valence-corrected chi connectivity index (χ2v) is 4.11. The van der Waals surface area contributed by atoms with Crippen molar-refractivity contribution in [3.05, 3.63) is 59.9 Å². The summed E-state index contributed by atoms with van der Waals surface area (Å²) in [7, 11) is 0. The smallest absolute Gasteiger partial charge is 0.185 e. The molecule has 3 nitrogen and oxygen atoms in total. The van der Waals surface area contributed by atoms with Gasteiger partial charge < -0.3 is 4.57 Å². The van der Waals surface area contributed by atoms with Crippen LogP contribution in [-0.4, -0.2) is 15.8 Å². The van der Waals surface area contributed by atoms with Gasteiger partial charge in [0.15, 0.2) is 12.1 Å². The van der Waals surface area contributed by atoms with Crippen LogP contribution >= 0.6 is 0 Å². The molecule has 1 heterocycles. The standard InChI is InChI=1S/C14H13FN2O/c1-10(2)13-7-16-14(9-18)17(13)8-11-3-5-12(15)6-4-11/h3-7,9H,1,8H2,2H3. The van der Waals surface area contributed by atoms with Crippen LogP contribution in [0, 0.1) is 5.82 Å². The third-order valence-electron chi connectivity index (χ3n) is 2.68. The fourth-order valence-corrected chi connectivity index (χ4v) is 1.76. The lowest BCUT2D eigenvalue weighted by Crippen LogP contribution is -2.07. The van der Waals surface area contributed by atoms with E-state index in [-0.39, 0.29) is 5.82 Å². The van der Waals surface area contributed by atoms with Crippen LogP contribution in [0.3, 0.4) is 0 Å². The Morgan fingerprint density at radius 3 is 2.67 bits per heavy atom. The Balaban J connectivity index is 2.38. The van der Waals surface area contributed by atoms with Crippen LogP contribution in [0.15, 0.2) is 37.0 Å². The minimum absolute atomic E-state index is 0.278. The van der Waals surface area contributed by atoms with E-state index in [1.807, 2.05) is 6.92 Å². The van der Waals surface area contributed by atoms with Crippen molar-refractivity contribution >= 4 is 11.9 Å². The molecule has 0 fully saturated rings. The van der Waals surface area contributed by atoms with Crippen molar-refractivity contribution in [2.75, 3.05) is 0 Å². The molecule has 2 rings (SSSR count). The largest absolute Gasteiger partial charge is 0.318 e. The van der Waals surface area contributed by atoms with Crippen LogP contribution in [0.5, 0.6) is 0 Å². The van der Waals surface area contributed by atoms with Gasteiger partial charge in [-0.25, -0.2) is 9.37 Å². The fourth-order valence-electron chi connectivity index (χ4n) is 1.76. The second kappa shape index (κ2) is 4.96. The summed E-state index contributed by atoms with van der Waals surface area (Å²) < 4.78 is 14.6. The minimum atomic E-state index is -0.278. The Hall–Kier alpha value is -2.23. The summed E-state index contributed by atoms with van der Waals surface area (Å²) in [5.41, 5.74) is 2.54. The van der Waals surface area contributed by atoms with Gasteiger partial charge in [-0.1, -0.05) is 18.7 Å².